The van der Waals surface area contributed by atoms with E-state index in [9.17, 15) is 9.18 Å². The lowest BCUT2D eigenvalue weighted by Gasteiger charge is -2.21. The second-order valence-electron chi connectivity index (χ2n) is 5.65. The van der Waals surface area contributed by atoms with Gasteiger partial charge in [0.15, 0.2) is 0 Å². The number of pyridine rings is 1. The normalized spacial score (nSPS) is 17.5. The van der Waals surface area contributed by atoms with Crippen LogP contribution in [0.15, 0.2) is 47.6 Å². The Labute approximate surface area is 144 Å². The fraction of sp³-hybridized carbons (Fsp3) is 0.333. The number of amides is 1. The topological polar surface area (TPSA) is 51.2 Å². The molecule has 0 spiro atoms. The minimum atomic E-state index is -0.335. The van der Waals surface area contributed by atoms with Crippen molar-refractivity contribution in [1.29, 1.82) is 0 Å². The van der Waals surface area contributed by atoms with E-state index in [0.29, 0.717) is 17.4 Å². The first kappa shape index (κ1) is 16.9. The summed E-state index contributed by atoms with van der Waals surface area (Å²) < 4.78 is 18.6. The van der Waals surface area contributed by atoms with Crippen LogP contribution < -0.4 is 5.32 Å². The van der Waals surface area contributed by atoms with Gasteiger partial charge in [-0.3, -0.25) is 4.79 Å². The van der Waals surface area contributed by atoms with Crippen molar-refractivity contribution in [3.63, 3.8) is 0 Å². The number of aromatic nitrogens is 1. The molecule has 2 heterocycles. The molecule has 1 aliphatic heterocycles. The molecule has 1 N–H and O–H groups in total. The number of carbonyl (C=O) groups is 1. The van der Waals surface area contributed by atoms with E-state index in [1.165, 1.54) is 30.7 Å². The standard InChI is InChI=1S/C18H19FN2O2S/c19-14-5-7-15(8-6-14)21-18(22)13-4-9-17(20-11-13)24-12-16-3-1-2-10-23-16/h4-9,11,16H,1-3,10,12H2,(H,21,22). The van der Waals surface area contributed by atoms with Crippen molar-refractivity contribution in [3.05, 3.63) is 54.0 Å². The number of anilines is 1. The highest BCUT2D eigenvalue weighted by Crippen LogP contribution is 2.22. The molecule has 0 aliphatic carbocycles. The second-order valence-corrected chi connectivity index (χ2v) is 6.69. The quantitative estimate of drug-likeness (QED) is 0.827. The lowest BCUT2D eigenvalue weighted by atomic mass is 10.1. The van der Waals surface area contributed by atoms with Gasteiger partial charge >= 0.3 is 0 Å². The number of nitrogens with one attached hydrogen (secondary N) is 1. The smallest absolute Gasteiger partial charge is 0.257 e. The lowest BCUT2D eigenvalue weighted by molar-refractivity contribution is 0.0315. The Balaban J connectivity index is 1.53. The Bertz CT molecular complexity index is 670. The number of rotatable bonds is 5. The van der Waals surface area contributed by atoms with Crippen LogP contribution in [0.1, 0.15) is 29.6 Å². The first-order valence-electron chi connectivity index (χ1n) is 7.98. The average Bonchev–Trinajstić information content (AvgIpc) is 2.63. The third-order valence-electron chi connectivity index (χ3n) is 3.79. The number of ether oxygens (including phenoxy) is 1. The van der Waals surface area contributed by atoms with Gasteiger partial charge in [0.2, 0.25) is 0 Å². The van der Waals surface area contributed by atoms with Crippen LogP contribution in [0.2, 0.25) is 0 Å². The van der Waals surface area contributed by atoms with E-state index in [-0.39, 0.29) is 11.7 Å². The van der Waals surface area contributed by atoms with Gasteiger partial charge in [-0.2, -0.15) is 0 Å². The first-order chi connectivity index (χ1) is 11.7. The molecule has 1 saturated heterocycles. The number of benzene rings is 1. The molecule has 1 aliphatic rings. The van der Waals surface area contributed by atoms with Crippen LogP contribution in [0.4, 0.5) is 10.1 Å². The summed E-state index contributed by atoms with van der Waals surface area (Å²) in [6.45, 7) is 0.848. The lowest BCUT2D eigenvalue weighted by Crippen LogP contribution is -2.21. The molecule has 1 unspecified atom stereocenters. The summed E-state index contributed by atoms with van der Waals surface area (Å²) >= 11 is 1.64. The molecule has 4 nitrogen and oxygen atoms in total. The molecular formula is C18H19FN2O2S. The zero-order valence-corrected chi connectivity index (χ0v) is 14.0. The Kier molecular flexibility index (Phi) is 5.82. The summed E-state index contributed by atoms with van der Waals surface area (Å²) in [5.74, 6) is 0.285. The fourth-order valence-corrected chi connectivity index (χ4v) is 3.36. The van der Waals surface area contributed by atoms with Crippen LogP contribution in [0.3, 0.4) is 0 Å². The maximum atomic E-state index is 12.9. The highest BCUT2D eigenvalue weighted by Gasteiger charge is 2.14. The van der Waals surface area contributed by atoms with E-state index < -0.39 is 0 Å². The van der Waals surface area contributed by atoms with E-state index in [1.54, 1.807) is 24.0 Å². The van der Waals surface area contributed by atoms with Crippen molar-refractivity contribution < 1.29 is 13.9 Å². The number of halogens is 1. The Morgan fingerprint density at radius 2 is 2.08 bits per heavy atom. The molecule has 0 bridgehead atoms. The van der Waals surface area contributed by atoms with Crippen molar-refractivity contribution in [1.82, 2.24) is 4.98 Å². The third kappa shape index (κ3) is 4.79. The van der Waals surface area contributed by atoms with Crippen LogP contribution in [-0.2, 0) is 4.74 Å². The molecule has 1 atom stereocenters. The SMILES string of the molecule is O=C(Nc1ccc(F)cc1)c1ccc(SCC2CCCCO2)nc1. The molecule has 2 aromatic rings. The fourth-order valence-electron chi connectivity index (χ4n) is 2.45. The van der Waals surface area contributed by atoms with Crippen molar-refractivity contribution in [3.8, 4) is 0 Å². The van der Waals surface area contributed by atoms with Crippen molar-refractivity contribution in [2.75, 3.05) is 17.7 Å². The van der Waals surface area contributed by atoms with Gasteiger partial charge in [0.25, 0.3) is 5.91 Å². The average molecular weight is 346 g/mol. The molecule has 1 aromatic heterocycles. The molecule has 126 valence electrons. The first-order valence-corrected chi connectivity index (χ1v) is 8.96. The van der Waals surface area contributed by atoms with Gasteiger partial charge in [-0.05, 0) is 55.7 Å². The summed E-state index contributed by atoms with van der Waals surface area (Å²) in [5, 5.41) is 3.59. The van der Waals surface area contributed by atoms with Crippen LogP contribution in [0.5, 0.6) is 0 Å². The van der Waals surface area contributed by atoms with E-state index in [0.717, 1.165) is 30.2 Å². The van der Waals surface area contributed by atoms with Gasteiger partial charge in [-0.15, -0.1) is 11.8 Å². The van der Waals surface area contributed by atoms with E-state index in [2.05, 4.69) is 10.3 Å². The number of nitrogens with zero attached hydrogens (tertiary/aromatic N) is 1. The van der Waals surface area contributed by atoms with Gasteiger partial charge in [-0.1, -0.05) is 0 Å². The number of hydrogen-bond acceptors (Lipinski definition) is 4. The molecule has 6 heteroatoms. The van der Waals surface area contributed by atoms with Crippen LogP contribution in [0, 0.1) is 5.82 Å². The highest BCUT2D eigenvalue weighted by molar-refractivity contribution is 7.99. The Morgan fingerprint density at radius 1 is 1.25 bits per heavy atom. The molecular weight excluding hydrogens is 327 g/mol. The van der Waals surface area contributed by atoms with Crippen molar-refractivity contribution >= 4 is 23.4 Å². The van der Waals surface area contributed by atoms with E-state index in [1.807, 2.05) is 6.07 Å². The van der Waals surface area contributed by atoms with Gasteiger partial charge < -0.3 is 10.1 Å². The van der Waals surface area contributed by atoms with E-state index >= 15 is 0 Å². The van der Waals surface area contributed by atoms with Crippen LogP contribution in [0.25, 0.3) is 0 Å². The molecule has 0 radical (unpaired) electrons. The Hall–Kier alpha value is -1.92. The Morgan fingerprint density at radius 3 is 2.75 bits per heavy atom. The summed E-state index contributed by atoms with van der Waals surface area (Å²) in [5.41, 5.74) is 1.02. The molecule has 1 aromatic carbocycles. The minimum absolute atomic E-state index is 0.263. The number of thioether (sulfide) groups is 1. The summed E-state index contributed by atoms with van der Waals surface area (Å²) in [7, 11) is 0. The van der Waals surface area contributed by atoms with Crippen molar-refractivity contribution in [2.45, 2.75) is 30.4 Å². The zero-order valence-electron chi connectivity index (χ0n) is 13.2. The monoisotopic (exact) mass is 346 g/mol. The predicted molar refractivity (Wildman–Crippen MR) is 92.9 cm³/mol. The molecule has 3 rings (SSSR count). The number of carbonyl (C=O) groups excluding carboxylic acids is 1. The van der Waals surface area contributed by atoms with Crippen molar-refractivity contribution in [2.24, 2.45) is 0 Å². The maximum Gasteiger partial charge on any atom is 0.257 e. The zero-order chi connectivity index (χ0) is 16.8. The van der Waals surface area contributed by atoms with Gasteiger partial charge in [0.1, 0.15) is 5.82 Å². The molecule has 24 heavy (non-hydrogen) atoms. The molecule has 1 fully saturated rings. The third-order valence-corrected chi connectivity index (χ3v) is 4.87. The van der Waals surface area contributed by atoms with Crippen LogP contribution in [-0.4, -0.2) is 29.4 Å². The largest absolute Gasteiger partial charge is 0.377 e. The summed E-state index contributed by atoms with van der Waals surface area (Å²) in [4.78, 5) is 16.5. The molecule has 1 amide bonds. The highest BCUT2D eigenvalue weighted by atomic mass is 32.2. The van der Waals surface area contributed by atoms with Crippen LogP contribution >= 0.6 is 11.8 Å². The van der Waals surface area contributed by atoms with E-state index in [4.69, 9.17) is 4.74 Å². The predicted octanol–water partition coefficient (Wildman–Crippen LogP) is 4.13. The summed E-state index contributed by atoms with van der Waals surface area (Å²) in [6, 6.07) is 9.25. The van der Waals surface area contributed by atoms with Gasteiger partial charge in [0.05, 0.1) is 16.7 Å². The van der Waals surface area contributed by atoms with Gasteiger partial charge in [0, 0.05) is 24.2 Å². The number of hydrogen-bond donors (Lipinski definition) is 1. The second kappa shape index (κ2) is 8.26. The van der Waals surface area contributed by atoms with Gasteiger partial charge in [-0.25, -0.2) is 9.37 Å². The molecule has 0 saturated carbocycles. The maximum absolute atomic E-state index is 12.9. The summed E-state index contributed by atoms with van der Waals surface area (Å²) in [6.07, 6.45) is 5.33. The minimum Gasteiger partial charge on any atom is -0.377 e.